The van der Waals surface area contributed by atoms with E-state index in [4.69, 9.17) is 0 Å². The molecule has 0 nitrogen and oxygen atoms in total. The van der Waals surface area contributed by atoms with E-state index in [1.165, 1.54) is 16.7 Å². The zero-order valence-corrected chi connectivity index (χ0v) is 14.5. The van der Waals surface area contributed by atoms with Gasteiger partial charge in [-0.25, -0.2) is 0 Å². The molecule has 24 heavy (non-hydrogen) atoms. The smallest absolute Gasteiger partial charge is 0.0249 e. The van der Waals surface area contributed by atoms with Crippen molar-refractivity contribution in [2.45, 2.75) is 26.2 Å². The maximum Gasteiger partial charge on any atom is 0.0249 e. The molecule has 0 heteroatoms. The summed E-state index contributed by atoms with van der Waals surface area (Å²) in [7, 11) is 0. The Morgan fingerprint density at radius 1 is 0.542 bits per heavy atom. The topological polar surface area (TPSA) is 0 Å². The van der Waals surface area contributed by atoms with E-state index in [1.54, 1.807) is 0 Å². The Labute approximate surface area is 145 Å². The zero-order chi connectivity index (χ0) is 17.0. The largest absolute Gasteiger partial charge is 0.0622 e. The van der Waals surface area contributed by atoms with Crippen LogP contribution in [-0.4, -0.2) is 0 Å². The highest BCUT2D eigenvalue weighted by Gasteiger charge is 2.12. The minimum atomic E-state index is 0.190. The molecule has 0 aliphatic carbocycles. The van der Waals surface area contributed by atoms with Gasteiger partial charge in [-0.1, -0.05) is 87.2 Å². The fourth-order valence-corrected chi connectivity index (χ4v) is 2.57. The summed E-state index contributed by atoms with van der Waals surface area (Å²) in [4.78, 5) is 0. The number of benzene rings is 3. The molecule has 118 valence electrons. The summed E-state index contributed by atoms with van der Waals surface area (Å²) in [5.41, 5.74) is 6.09. The first-order valence-corrected chi connectivity index (χ1v) is 8.30. The van der Waals surface area contributed by atoms with E-state index in [-0.39, 0.29) is 5.41 Å². The molecule has 0 fully saturated rings. The minimum absolute atomic E-state index is 0.190. The molecule has 0 saturated carbocycles. The van der Waals surface area contributed by atoms with Crippen molar-refractivity contribution in [3.05, 3.63) is 95.6 Å². The first-order chi connectivity index (χ1) is 11.5. The van der Waals surface area contributed by atoms with Crippen LogP contribution in [0.2, 0.25) is 0 Å². The van der Waals surface area contributed by atoms with Crippen LogP contribution in [0.1, 0.15) is 37.5 Å². The number of hydrogen-bond acceptors (Lipinski definition) is 0. The summed E-state index contributed by atoms with van der Waals surface area (Å²) in [5.74, 6) is 6.41. The molecule has 0 radical (unpaired) electrons. The van der Waals surface area contributed by atoms with Crippen LogP contribution >= 0.6 is 0 Å². The van der Waals surface area contributed by atoms with E-state index < -0.39 is 0 Å². The van der Waals surface area contributed by atoms with E-state index in [0.717, 1.165) is 11.1 Å². The lowest BCUT2D eigenvalue weighted by Crippen LogP contribution is -2.10. The molecule has 0 amide bonds. The fourth-order valence-electron chi connectivity index (χ4n) is 2.57. The molecular formula is C24H22. The summed E-state index contributed by atoms with van der Waals surface area (Å²) in [6, 6.07) is 27.4. The predicted molar refractivity (Wildman–Crippen MR) is 103 cm³/mol. The maximum absolute atomic E-state index is 3.22. The van der Waals surface area contributed by atoms with Crippen molar-refractivity contribution in [1.82, 2.24) is 0 Å². The van der Waals surface area contributed by atoms with Crippen LogP contribution in [0.4, 0.5) is 0 Å². The Morgan fingerprint density at radius 3 is 1.50 bits per heavy atom. The maximum atomic E-state index is 3.22. The summed E-state index contributed by atoms with van der Waals surface area (Å²) >= 11 is 0. The lowest BCUT2D eigenvalue weighted by Gasteiger charge is -2.19. The summed E-state index contributed by atoms with van der Waals surface area (Å²) < 4.78 is 0. The zero-order valence-electron chi connectivity index (χ0n) is 14.5. The molecule has 3 rings (SSSR count). The van der Waals surface area contributed by atoms with E-state index in [2.05, 4.69) is 81.1 Å². The molecule has 0 unspecified atom stereocenters. The van der Waals surface area contributed by atoms with Gasteiger partial charge in [0.05, 0.1) is 0 Å². The number of hydrogen-bond donors (Lipinski definition) is 0. The molecule has 3 aromatic carbocycles. The van der Waals surface area contributed by atoms with Crippen LogP contribution in [0.25, 0.3) is 11.1 Å². The molecule has 0 heterocycles. The molecule has 0 aliphatic rings. The van der Waals surface area contributed by atoms with Crippen LogP contribution in [-0.2, 0) is 5.41 Å². The highest BCUT2D eigenvalue weighted by molar-refractivity contribution is 5.65. The van der Waals surface area contributed by atoms with Crippen LogP contribution in [0.15, 0.2) is 78.9 Å². The van der Waals surface area contributed by atoms with Gasteiger partial charge in [0.2, 0.25) is 0 Å². The second-order valence-electron chi connectivity index (χ2n) is 7.02. The van der Waals surface area contributed by atoms with E-state index in [0.29, 0.717) is 0 Å². The molecule has 0 aromatic heterocycles. The first-order valence-electron chi connectivity index (χ1n) is 8.30. The van der Waals surface area contributed by atoms with Gasteiger partial charge in [-0.05, 0) is 46.4 Å². The van der Waals surface area contributed by atoms with Gasteiger partial charge in [-0.15, -0.1) is 0 Å². The molecule has 3 aromatic rings. The fraction of sp³-hybridized carbons (Fsp3) is 0.167. The third-order valence-electron chi connectivity index (χ3n) is 4.09. The Bertz CT molecular complexity index is 850. The van der Waals surface area contributed by atoms with Crippen LogP contribution < -0.4 is 0 Å². The van der Waals surface area contributed by atoms with Gasteiger partial charge in [0.1, 0.15) is 0 Å². The average Bonchev–Trinajstić information content (AvgIpc) is 2.61. The van der Waals surface area contributed by atoms with Gasteiger partial charge in [0.15, 0.2) is 0 Å². The van der Waals surface area contributed by atoms with E-state index >= 15 is 0 Å². The van der Waals surface area contributed by atoms with Crippen molar-refractivity contribution in [3.8, 4) is 23.0 Å². The molecule has 0 saturated heterocycles. The molecule has 0 aliphatic heterocycles. The highest BCUT2D eigenvalue weighted by Crippen LogP contribution is 2.26. The molecular weight excluding hydrogens is 288 g/mol. The highest BCUT2D eigenvalue weighted by atomic mass is 14.2. The second-order valence-corrected chi connectivity index (χ2v) is 7.02. The third kappa shape index (κ3) is 3.94. The molecule has 0 bridgehead atoms. The number of rotatable bonds is 1. The van der Waals surface area contributed by atoms with Crippen LogP contribution in [0.3, 0.4) is 0 Å². The molecule has 0 atom stereocenters. The van der Waals surface area contributed by atoms with Crippen molar-refractivity contribution in [2.24, 2.45) is 0 Å². The Hall–Kier alpha value is -2.78. The Balaban J connectivity index is 1.79. The van der Waals surface area contributed by atoms with Crippen molar-refractivity contribution in [1.29, 1.82) is 0 Å². The first kappa shape index (κ1) is 16.1. The van der Waals surface area contributed by atoms with Gasteiger partial charge in [0.25, 0.3) is 0 Å². The van der Waals surface area contributed by atoms with Crippen molar-refractivity contribution >= 4 is 0 Å². The average molecular weight is 310 g/mol. The summed E-state index contributed by atoms with van der Waals surface area (Å²) in [6.45, 7) is 6.71. The standard InChI is InChI=1S/C24H22/c1-24(2,3)23-17-15-22(16-18-23)21-13-11-20(12-14-21)10-9-19-7-5-4-6-8-19/h4-8,11-18H,1-3H3. The minimum Gasteiger partial charge on any atom is -0.0622 e. The second kappa shape index (κ2) is 6.77. The van der Waals surface area contributed by atoms with Gasteiger partial charge >= 0.3 is 0 Å². The lowest BCUT2D eigenvalue weighted by atomic mass is 9.86. The normalized spacial score (nSPS) is 10.8. The van der Waals surface area contributed by atoms with Gasteiger partial charge in [-0.2, -0.15) is 0 Å². The van der Waals surface area contributed by atoms with Gasteiger partial charge < -0.3 is 0 Å². The SMILES string of the molecule is CC(C)(C)c1ccc(-c2ccc(C#Cc3ccccc3)cc2)cc1. The monoisotopic (exact) mass is 310 g/mol. The summed E-state index contributed by atoms with van der Waals surface area (Å²) in [6.07, 6.45) is 0. The van der Waals surface area contributed by atoms with Gasteiger partial charge in [0, 0.05) is 11.1 Å². The van der Waals surface area contributed by atoms with Crippen LogP contribution in [0, 0.1) is 11.8 Å². The Morgan fingerprint density at radius 2 is 1.00 bits per heavy atom. The molecule has 0 spiro atoms. The van der Waals surface area contributed by atoms with Crippen molar-refractivity contribution in [3.63, 3.8) is 0 Å². The van der Waals surface area contributed by atoms with Gasteiger partial charge in [-0.3, -0.25) is 0 Å². The van der Waals surface area contributed by atoms with Crippen molar-refractivity contribution in [2.75, 3.05) is 0 Å². The lowest BCUT2D eigenvalue weighted by molar-refractivity contribution is 0.590. The Kier molecular flexibility index (Phi) is 4.54. The quantitative estimate of drug-likeness (QED) is 0.480. The van der Waals surface area contributed by atoms with E-state index in [9.17, 15) is 0 Å². The summed E-state index contributed by atoms with van der Waals surface area (Å²) in [5, 5.41) is 0. The van der Waals surface area contributed by atoms with E-state index in [1.807, 2.05) is 30.3 Å². The third-order valence-corrected chi connectivity index (χ3v) is 4.09. The molecule has 0 N–H and O–H groups in total. The predicted octanol–water partition coefficient (Wildman–Crippen LogP) is 6.05. The van der Waals surface area contributed by atoms with Crippen molar-refractivity contribution < 1.29 is 0 Å². The van der Waals surface area contributed by atoms with Crippen LogP contribution in [0.5, 0.6) is 0 Å².